The van der Waals surface area contributed by atoms with Crippen molar-refractivity contribution in [1.82, 2.24) is 0 Å². The van der Waals surface area contributed by atoms with Crippen LogP contribution in [0, 0.1) is 0 Å². The highest BCUT2D eigenvalue weighted by Gasteiger charge is 2.11. The Morgan fingerprint density at radius 3 is 2.33 bits per heavy atom. The third-order valence-electron chi connectivity index (χ3n) is 5.97. The molecule has 2 heteroatoms. The Bertz CT molecular complexity index is 1430. The van der Waals surface area contributed by atoms with Gasteiger partial charge in [-0.1, -0.05) is 72.8 Å². The molecule has 6 rings (SSSR count). The second-order valence-corrected chi connectivity index (χ2v) is 7.87. The molecule has 0 saturated heterocycles. The molecule has 0 bridgehead atoms. The van der Waals surface area contributed by atoms with Crippen molar-refractivity contribution in [3.63, 3.8) is 0 Å². The summed E-state index contributed by atoms with van der Waals surface area (Å²) in [7, 11) is 0. The molecule has 0 aliphatic carbocycles. The molecule has 142 valence electrons. The van der Waals surface area contributed by atoms with Gasteiger partial charge in [0, 0.05) is 23.6 Å². The lowest BCUT2D eigenvalue weighted by Gasteiger charge is -2.14. The zero-order valence-corrected chi connectivity index (χ0v) is 16.5. The van der Waals surface area contributed by atoms with E-state index < -0.39 is 0 Å². The van der Waals surface area contributed by atoms with Crippen LogP contribution in [0.3, 0.4) is 0 Å². The molecule has 0 unspecified atom stereocenters. The van der Waals surface area contributed by atoms with Crippen LogP contribution in [0.1, 0.15) is 33.4 Å². The molecule has 0 radical (unpaired) electrons. The number of rotatable bonds is 3. The minimum atomic E-state index is 0.771. The smallest absolute Gasteiger partial charge is 0.0646 e. The lowest BCUT2D eigenvalue weighted by Crippen LogP contribution is -1.99. The van der Waals surface area contributed by atoms with Crippen LogP contribution < -0.4 is 0 Å². The number of allylic oxidation sites excluding steroid dienone is 2. The first-order valence-electron chi connectivity index (χ1n) is 10.3. The second-order valence-electron chi connectivity index (χ2n) is 7.87. The summed E-state index contributed by atoms with van der Waals surface area (Å²) in [5, 5.41) is 5.24. The van der Waals surface area contributed by atoms with Crippen molar-refractivity contribution in [3.05, 3.63) is 106 Å². The monoisotopic (exact) mass is 384 g/mol. The molecule has 2 aliphatic heterocycles. The van der Waals surface area contributed by atoms with Crippen LogP contribution >= 0.6 is 0 Å². The molecule has 0 aromatic heterocycles. The number of nitrogens with zero attached hydrogens (tertiary/aromatic N) is 2. The van der Waals surface area contributed by atoms with Crippen molar-refractivity contribution in [1.29, 1.82) is 0 Å². The maximum atomic E-state index is 4.55. The zero-order valence-electron chi connectivity index (χ0n) is 16.5. The fraction of sp³-hybridized carbons (Fsp3) is 0.0714. The van der Waals surface area contributed by atoms with Gasteiger partial charge in [-0.2, -0.15) is 0 Å². The van der Waals surface area contributed by atoms with Gasteiger partial charge < -0.3 is 0 Å². The van der Waals surface area contributed by atoms with Gasteiger partial charge in [-0.3, -0.25) is 9.98 Å². The summed E-state index contributed by atoms with van der Waals surface area (Å²) in [6, 6.07) is 21.8. The third kappa shape index (κ3) is 2.81. The van der Waals surface area contributed by atoms with E-state index in [2.05, 4.69) is 95.0 Å². The predicted octanol–water partition coefficient (Wildman–Crippen LogP) is 6.58. The Kier molecular flexibility index (Phi) is 3.95. The molecule has 0 spiro atoms. The molecule has 0 fully saturated rings. The second kappa shape index (κ2) is 6.93. The highest BCUT2D eigenvalue weighted by atomic mass is 14.7. The van der Waals surface area contributed by atoms with Gasteiger partial charge in [0.1, 0.15) is 0 Å². The molecule has 4 aromatic carbocycles. The van der Waals surface area contributed by atoms with Crippen LogP contribution in [-0.4, -0.2) is 12.4 Å². The van der Waals surface area contributed by atoms with Gasteiger partial charge in [0.25, 0.3) is 0 Å². The largest absolute Gasteiger partial charge is 0.288 e. The van der Waals surface area contributed by atoms with Crippen molar-refractivity contribution in [3.8, 4) is 0 Å². The van der Waals surface area contributed by atoms with E-state index in [4.69, 9.17) is 0 Å². The lowest BCUT2D eigenvalue weighted by atomic mass is 9.93. The van der Waals surface area contributed by atoms with E-state index in [-0.39, 0.29) is 0 Å². The Hall–Kier alpha value is -3.78. The summed E-state index contributed by atoms with van der Waals surface area (Å²) in [6.07, 6.45) is 12.6. The average molecular weight is 384 g/mol. The average Bonchev–Trinajstić information content (AvgIpc) is 2.79. The van der Waals surface area contributed by atoms with Crippen LogP contribution in [0.2, 0.25) is 0 Å². The molecule has 30 heavy (non-hydrogen) atoms. The maximum absolute atomic E-state index is 4.55. The summed E-state index contributed by atoms with van der Waals surface area (Å²) in [4.78, 5) is 9.05. The normalized spacial score (nSPS) is 14.5. The summed E-state index contributed by atoms with van der Waals surface area (Å²) in [5.74, 6) is 0. The highest BCUT2D eigenvalue weighted by molar-refractivity contribution is 6.06. The quantitative estimate of drug-likeness (QED) is 0.356. The first kappa shape index (κ1) is 17.1. The summed E-state index contributed by atoms with van der Waals surface area (Å²) in [6.45, 7) is 1.55. The molecule has 4 aromatic rings. The van der Waals surface area contributed by atoms with E-state index in [0.29, 0.717) is 0 Å². The first-order chi connectivity index (χ1) is 14.9. The van der Waals surface area contributed by atoms with Crippen LogP contribution in [0.4, 0.5) is 0 Å². The van der Waals surface area contributed by atoms with Gasteiger partial charge in [-0.15, -0.1) is 0 Å². The molecule has 2 heterocycles. The summed E-state index contributed by atoms with van der Waals surface area (Å²) >= 11 is 0. The first-order valence-corrected chi connectivity index (χ1v) is 10.3. The zero-order chi connectivity index (χ0) is 19.9. The summed E-state index contributed by atoms with van der Waals surface area (Å²) in [5.41, 5.74) is 7.44. The Balaban J connectivity index is 1.34. The van der Waals surface area contributed by atoms with Gasteiger partial charge in [-0.25, -0.2) is 0 Å². The molecule has 0 atom stereocenters. The van der Waals surface area contributed by atoms with Gasteiger partial charge in [0.2, 0.25) is 0 Å². The minimum absolute atomic E-state index is 0.771. The number of hydrogen-bond acceptors (Lipinski definition) is 2. The lowest BCUT2D eigenvalue weighted by molar-refractivity contribution is 1.08. The Labute approximate surface area is 175 Å². The van der Waals surface area contributed by atoms with Crippen molar-refractivity contribution in [2.45, 2.75) is 13.1 Å². The molecule has 2 aliphatic rings. The molecule has 2 nitrogen and oxygen atoms in total. The van der Waals surface area contributed by atoms with E-state index in [1.807, 2.05) is 12.4 Å². The number of hydrogen-bond donors (Lipinski definition) is 0. The third-order valence-corrected chi connectivity index (χ3v) is 5.97. The van der Waals surface area contributed by atoms with Gasteiger partial charge in [0.15, 0.2) is 0 Å². The van der Waals surface area contributed by atoms with E-state index >= 15 is 0 Å². The van der Waals surface area contributed by atoms with Gasteiger partial charge in [-0.05, 0) is 55.9 Å². The van der Waals surface area contributed by atoms with E-state index in [1.54, 1.807) is 0 Å². The highest BCUT2D eigenvalue weighted by Crippen LogP contribution is 2.30. The molecular formula is C28H20N2. The Morgan fingerprint density at radius 2 is 1.43 bits per heavy atom. The SMILES string of the molecule is C1=NCc2cccc3cc(/C=C/C=C/c4ccc5cccc6c5c4C=NC6)cc1c23. The van der Waals surface area contributed by atoms with E-state index in [9.17, 15) is 0 Å². The standard InChI is InChI=1S/C28H20N2/c1(5-19-13-22-8-4-9-23-15-29-17-25(14-19)27(22)23)2-6-20-11-12-21-7-3-10-24-16-30-18-26(20)28(21)24/h1-14,17-18H,15-16H2/b5-1+,6-2+. The molecule has 0 N–H and O–H groups in total. The Morgan fingerprint density at radius 1 is 0.667 bits per heavy atom. The minimum Gasteiger partial charge on any atom is -0.288 e. The molecule has 0 amide bonds. The van der Waals surface area contributed by atoms with Crippen molar-refractivity contribution >= 4 is 46.1 Å². The van der Waals surface area contributed by atoms with Crippen LogP contribution in [0.25, 0.3) is 33.7 Å². The number of benzene rings is 4. The fourth-order valence-electron chi connectivity index (χ4n) is 4.62. The van der Waals surface area contributed by atoms with Crippen molar-refractivity contribution in [2.75, 3.05) is 0 Å². The molecular weight excluding hydrogens is 364 g/mol. The molecule has 0 saturated carbocycles. The maximum Gasteiger partial charge on any atom is 0.0646 e. The van der Waals surface area contributed by atoms with E-state index in [0.717, 1.165) is 13.1 Å². The number of aliphatic imine (C=N–C) groups is 2. The fourth-order valence-corrected chi connectivity index (χ4v) is 4.62. The van der Waals surface area contributed by atoms with Gasteiger partial charge >= 0.3 is 0 Å². The predicted molar refractivity (Wildman–Crippen MR) is 129 cm³/mol. The van der Waals surface area contributed by atoms with Gasteiger partial charge in [0.05, 0.1) is 13.1 Å². The van der Waals surface area contributed by atoms with Crippen LogP contribution in [0.15, 0.2) is 82.8 Å². The van der Waals surface area contributed by atoms with Crippen molar-refractivity contribution < 1.29 is 0 Å². The van der Waals surface area contributed by atoms with E-state index in [1.165, 1.54) is 54.9 Å². The van der Waals surface area contributed by atoms with Crippen molar-refractivity contribution in [2.24, 2.45) is 9.98 Å². The van der Waals surface area contributed by atoms with Crippen LogP contribution in [-0.2, 0) is 13.1 Å². The van der Waals surface area contributed by atoms with Crippen LogP contribution in [0.5, 0.6) is 0 Å². The topological polar surface area (TPSA) is 24.7 Å². The summed E-state index contributed by atoms with van der Waals surface area (Å²) < 4.78 is 0.